The lowest BCUT2D eigenvalue weighted by Crippen LogP contribution is -2.64. The van der Waals surface area contributed by atoms with Crippen LogP contribution in [0.5, 0.6) is 0 Å². The van der Waals surface area contributed by atoms with Gasteiger partial charge in [-0.1, -0.05) is 0 Å². The highest BCUT2D eigenvalue weighted by Gasteiger charge is 2.46. The highest BCUT2D eigenvalue weighted by molar-refractivity contribution is 5.68. The van der Waals surface area contributed by atoms with E-state index in [0.29, 0.717) is 6.61 Å². The Bertz CT molecular complexity index is 211. The zero-order valence-electron chi connectivity index (χ0n) is 7.54. The number of rotatable bonds is 0. The minimum atomic E-state index is -0.185. The van der Waals surface area contributed by atoms with E-state index in [9.17, 15) is 4.79 Å². The van der Waals surface area contributed by atoms with Crippen molar-refractivity contribution in [3.63, 3.8) is 0 Å². The molecule has 0 saturated carbocycles. The van der Waals surface area contributed by atoms with Crippen LogP contribution in [0.25, 0.3) is 0 Å². The van der Waals surface area contributed by atoms with Gasteiger partial charge in [0.1, 0.15) is 6.61 Å². The second-order valence-corrected chi connectivity index (χ2v) is 4.08. The van der Waals surface area contributed by atoms with E-state index in [4.69, 9.17) is 4.74 Å². The smallest absolute Gasteiger partial charge is 0.409 e. The van der Waals surface area contributed by atoms with Gasteiger partial charge < -0.3 is 14.5 Å². The molecule has 2 aliphatic heterocycles. The topological polar surface area (TPSA) is 32.8 Å². The molecule has 0 bridgehead atoms. The molecule has 1 amide bonds. The van der Waals surface area contributed by atoms with Gasteiger partial charge in [-0.15, -0.1) is 0 Å². The molecule has 1 spiro atoms. The standard InChI is InChI=1S/C8H14N2O2/c1-9-3-8(4-9)5-10(2)7(11)12-6-8/h3-6H2,1-2H3. The lowest BCUT2D eigenvalue weighted by Gasteiger charge is -2.51. The van der Waals surface area contributed by atoms with E-state index in [1.165, 1.54) is 0 Å². The molecule has 0 aliphatic carbocycles. The van der Waals surface area contributed by atoms with Crippen LogP contribution in [0.2, 0.25) is 0 Å². The molecule has 2 aliphatic rings. The van der Waals surface area contributed by atoms with Gasteiger partial charge in [0.15, 0.2) is 0 Å². The molecule has 12 heavy (non-hydrogen) atoms. The largest absolute Gasteiger partial charge is 0.449 e. The van der Waals surface area contributed by atoms with Crippen molar-refractivity contribution in [2.75, 3.05) is 40.3 Å². The Morgan fingerprint density at radius 3 is 2.50 bits per heavy atom. The van der Waals surface area contributed by atoms with Gasteiger partial charge in [0.05, 0.1) is 0 Å². The quantitative estimate of drug-likeness (QED) is 0.513. The summed E-state index contributed by atoms with van der Waals surface area (Å²) in [4.78, 5) is 14.9. The average Bonchev–Trinajstić information content (AvgIpc) is 1.95. The van der Waals surface area contributed by atoms with Crippen LogP contribution in [-0.4, -0.2) is 56.2 Å². The van der Waals surface area contributed by atoms with E-state index in [2.05, 4.69) is 11.9 Å². The first kappa shape index (κ1) is 7.86. The maximum absolute atomic E-state index is 11.0. The van der Waals surface area contributed by atoms with Gasteiger partial charge in [-0.05, 0) is 7.05 Å². The summed E-state index contributed by atoms with van der Waals surface area (Å²) >= 11 is 0. The first-order valence-corrected chi connectivity index (χ1v) is 4.18. The minimum Gasteiger partial charge on any atom is -0.449 e. The highest BCUT2D eigenvalue weighted by Crippen LogP contribution is 2.32. The Balaban J connectivity index is 1.99. The molecule has 68 valence electrons. The zero-order chi connectivity index (χ0) is 8.77. The molecule has 0 N–H and O–H groups in total. The van der Waals surface area contributed by atoms with E-state index in [0.717, 1.165) is 19.6 Å². The third-order valence-electron chi connectivity index (χ3n) is 2.60. The number of hydrogen-bond donors (Lipinski definition) is 0. The highest BCUT2D eigenvalue weighted by atomic mass is 16.6. The van der Waals surface area contributed by atoms with E-state index in [-0.39, 0.29) is 11.5 Å². The first-order valence-electron chi connectivity index (χ1n) is 4.18. The predicted molar refractivity (Wildman–Crippen MR) is 43.9 cm³/mol. The number of likely N-dealkylation sites (tertiary alicyclic amines) is 1. The minimum absolute atomic E-state index is 0.185. The number of amides is 1. The van der Waals surface area contributed by atoms with Crippen molar-refractivity contribution < 1.29 is 9.53 Å². The van der Waals surface area contributed by atoms with Crippen molar-refractivity contribution in [2.24, 2.45) is 5.41 Å². The van der Waals surface area contributed by atoms with Crippen LogP contribution < -0.4 is 0 Å². The fourth-order valence-corrected chi connectivity index (χ4v) is 2.23. The van der Waals surface area contributed by atoms with Gasteiger partial charge in [-0.2, -0.15) is 0 Å². The number of cyclic esters (lactones) is 1. The Kier molecular flexibility index (Phi) is 1.54. The van der Waals surface area contributed by atoms with Crippen molar-refractivity contribution in [2.45, 2.75) is 0 Å². The summed E-state index contributed by atoms with van der Waals surface area (Å²) < 4.78 is 5.06. The summed E-state index contributed by atoms with van der Waals surface area (Å²) in [5.74, 6) is 0. The van der Waals surface area contributed by atoms with Crippen molar-refractivity contribution >= 4 is 6.09 Å². The number of carbonyl (C=O) groups is 1. The summed E-state index contributed by atoms with van der Waals surface area (Å²) in [6.07, 6.45) is -0.185. The average molecular weight is 170 g/mol. The van der Waals surface area contributed by atoms with Crippen LogP contribution in [0.15, 0.2) is 0 Å². The summed E-state index contributed by atoms with van der Waals surface area (Å²) in [7, 11) is 3.88. The summed E-state index contributed by atoms with van der Waals surface area (Å²) in [5.41, 5.74) is 0.234. The zero-order valence-corrected chi connectivity index (χ0v) is 7.54. The summed E-state index contributed by atoms with van der Waals surface area (Å²) in [5, 5.41) is 0. The van der Waals surface area contributed by atoms with Crippen LogP contribution in [-0.2, 0) is 4.74 Å². The maximum atomic E-state index is 11.0. The molecular weight excluding hydrogens is 156 g/mol. The predicted octanol–water partition coefficient (Wildman–Crippen LogP) is 0.000200. The molecule has 0 aromatic heterocycles. The van der Waals surface area contributed by atoms with E-state index in [1.807, 2.05) is 0 Å². The van der Waals surface area contributed by atoms with Gasteiger partial charge in [-0.3, -0.25) is 0 Å². The molecule has 0 atom stereocenters. The molecule has 2 heterocycles. The summed E-state index contributed by atoms with van der Waals surface area (Å²) in [6, 6.07) is 0. The van der Waals surface area contributed by atoms with Gasteiger partial charge in [0.25, 0.3) is 0 Å². The molecule has 0 aromatic carbocycles. The molecule has 2 saturated heterocycles. The molecule has 0 aromatic rings. The molecular formula is C8H14N2O2. The molecule has 2 rings (SSSR count). The van der Waals surface area contributed by atoms with Crippen LogP contribution in [0.1, 0.15) is 0 Å². The number of hydrogen-bond acceptors (Lipinski definition) is 3. The molecule has 0 unspecified atom stereocenters. The fourth-order valence-electron chi connectivity index (χ4n) is 2.23. The number of ether oxygens (including phenoxy) is 1. The second kappa shape index (κ2) is 2.36. The van der Waals surface area contributed by atoms with Crippen molar-refractivity contribution in [1.82, 2.24) is 9.80 Å². The lowest BCUT2D eigenvalue weighted by atomic mass is 9.80. The second-order valence-electron chi connectivity index (χ2n) is 4.08. The number of carbonyl (C=O) groups excluding carboxylic acids is 1. The normalized spacial score (nSPS) is 28.5. The van der Waals surface area contributed by atoms with Crippen LogP contribution in [0.4, 0.5) is 4.79 Å². The third kappa shape index (κ3) is 1.06. The monoisotopic (exact) mass is 170 g/mol. The van der Waals surface area contributed by atoms with Gasteiger partial charge in [0.2, 0.25) is 0 Å². The first-order chi connectivity index (χ1) is 5.61. The lowest BCUT2D eigenvalue weighted by molar-refractivity contribution is -0.0792. The fraction of sp³-hybridized carbons (Fsp3) is 0.875. The Morgan fingerprint density at radius 1 is 1.33 bits per heavy atom. The van der Waals surface area contributed by atoms with E-state index in [1.54, 1.807) is 11.9 Å². The molecule has 2 fully saturated rings. The number of nitrogens with zero attached hydrogens (tertiary/aromatic N) is 2. The molecule has 4 heteroatoms. The van der Waals surface area contributed by atoms with Gasteiger partial charge in [0, 0.05) is 32.1 Å². The van der Waals surface area contributed by atoms with Crippen LogP contribution in [0, 0.1) is 5.41 Å². The Morgan fingerprint density at radius 2 is 2.00 bits per heavy atom. The van der Waals surface area contributed by atoms with Crippen LogP contribution in [0.3, 0.4) is 0 Å². The molecule has 0 radical (unpaired) electrons. The third-order valence-corrected chi connectivity index (χ3v) is 2.60. The van der Waals surface area contributed by atoms with E-state index < -0.39 is 0 Å². The van der Waals surface area contributed by atoms with Gasteiger partial charge in [-0.25, -0.2) is 4.79 Å². The maximum Gasteiger partial charge on any atom is 0.409 e. The Hall–Kier alpha value is -0.770. The summed E-state index contributed by atoms with van der Waals surface area (Å²) in [6.45, 7) is 3.53. The van der Waals surface area contributed by atoms with Crippen molar-refractivity contribution in [3.05, 3.63) is 0 Å². The Labute approximate surface area is 72.1 Å². The van der Waals surface area contributed by atoms with Crippen molar-refractivity contribution in [3.8, 4) is 0 Å². The van der Waals surface area contributed by atoms with Crippen molar-refractivity contribution in [1.29, 1.82) is 0 Å². The SMILES string of the molecule is CN1CC2(COC(=O)N(C)C2)C1. The van der Waals surface area contributed by atoms with E-state index >= 15 is 0 Å². The van der Waals surface area contributed by atoms with Gasteiger partial charge >= 0.3 is 6.09 Å². The van der Waals surface area contributed by atoms with Crippen LogP contribution >= 0.6 is 0 Å². The molecule has 4 nitrogen and oxygen atoms in total.